The van der Waals surface area contributed by atoms with Crippen molar-refractivity contribution in [3.8, 4) is 0 Å². The number of ether oxygens (including phenoxy) is 1. The lowest BCUT2D eigenvalue weighted by atomic mass is 10.3. The summed E-state index contributed by atoms with van der Waals surface area (Å²) in [5.41, 5.74) is 0. The second-order valence-electron chi connectivity index (χ2n) is 2.65. The topological polar surface area (TPSA) is 26.3 Å². The van der Waals surface area contributed by atoms with Crippen LogP contribution in [0.4, 0.5) is 13.2 Å². The fourth-order valence-electron chi connectivity index (χ4n) is 0.566. The molecule has 0 aromatic heterocycles. The number of hydrogen-bond donors (Lipinski definition) is 0. The molecule has 0 N–H and O–H groups in total. The molecule has 72 valence electrons. The van der Waals surface area contributed by atoms with E-state index in [0.717, 1.165) is 0 Å². The third-order valence-electron chi connectivity index (χ3n) is 0.980. The van der Waals surface area contributed by atoms with Gasteiger partial charge >= 0.3 is 12.1 Å². The van der Waals surface area contributed by atoms with E-state index in [1.807, 2.05) is 0 Å². The highest BCUT2D eigenvalue weighted by atomic mass is 19.4. The molecule has 0 saturated heterocycles. The minimum Gasteiger partial charge on any atom is -0.463 e. The summed E-state index contributed by atoms with van der Waals surface area (Å²) in [6, 6.07) is 0. The van der Waals surface area contributed by atoms with Crippen LogP contribution in [0.15, 0.2) is 0 Å². The Morgan fingerprint density at radius 3 is 2.25 bits per heavy atom. The smallest absolute Gasteiger partial charge is 0.389 e. The van der Waals surface area contributed by atoms with Gasteiger partial charge in [0.1, 0.15) is 0 Å². The van der Waals surface area contributed by atoms with Crippen molar-refractivity contribution in [3.63, 3.8) is 0 Å². The standard InChI is InChI=1S/C7H11F3O2/c1-5(2)12-6(11)3-4-7(8,9)10/h5H,3-4H2,1-2H3. The van der Waals surface area contributed by atoms with Crippen molar-refractivity contribution in [1.82, 2.24) is 0 Å². The summed E-state index contributed by atoms with van der Waals surface area (Å²) in [6.07, 6.45) is -6.35. The normalized spacial score (nSPS) is 11.8. The van der Waals surface area contributed by atoms with Crippen LogP contribution in [0, 0.1) is 0 Å². The molecule has 0 amide bonds. The van der Waals surface area contributed by atoms with Gasteiger partial charge in [-0.05, 0) is 13.8 Å². The molecule has 0 bridgehead atoms. The van der Waals surface area contributed by atoms with Gasteiger partial charge in [0.2, 0.25) is 0 Å². The van der Waals surface area contributed by atoms with E-state index in [9.17, 15) is 18.0 Å². The van der Waals surface area contributed by atoms with Gasteiger partial charge in [-0.3, -0.25) is 4.79 Å². The fourth-order valence-corrected chi connectivity index (χ4v) is 0.566. The number of carbonyl (C=O) groups excluding carboxylic acids is 1. The molecule has 0 aromatic carbocycles. The van der Waals surface area contributed by atoms with Gasteiger partial charge in [0, 0.05) is 0 Å². The summed E-state index contributed by atoms with van der Waals surface area (Å²) in [5, 5.41) is 0. The van der Waals surface area contributed by atoms with Crippen LogP contribution in [0.1, 0.15) is 26.7 Å². The molecule has 0 saturated carbocycles. The van der Waals surface area contributed by atoms with Gasteiger partial charge in [0.15, 0.2) is 0 Å². The van der Waals surface area contributed by atoms with E-state index in [4.69, 9.17) is 0 Å². The van der Waals surface area contributed by atoms with Crippen LogP contribution in [0.5, 0.6) is 0 Å². The van der Waals surface area contributed by atoms with Crippen molar-refractivity contribution in [2.75, 3.05) is 0 Å². The number of carbonyl (C=O) groups is 1. The van der Waals surface area contributed by atoms with Crippen molar-refractivity contribution < 1.29 is 22.7 Å². The Morgan fingerprint density at radius 2 is 1.92 bits per heavy atom. The third kappa shape index (κ3) is 7.37. The summed E-state index contributed by atoms with van der Waals surface area (Å²) in [5.74, 6) is -0.803. The minimum absolute atomic E-state index is 0.356. The van der Waals surface area contributed by atoms with Gasteiger partial charge in [-0.15, -0.1) is 0 Å². The Bertz CT molecular complexity index is 151. The van der Waals surface area contributed by atoms with E-state index in [1.165, 1.54) is 0 Å². The van der Waals surface area contributed by atoms with Crippen molar-refractivity contribution >= 4 is 5.97 Å². The molecule has 0 spiro atoms. The lowest BCUT2D eigenvalue weighted by Crippen LogP contribution is -2.15. The van der Waals surface area contributed by atoms with Gasteiger partial charge in [0.25, 0.3) is 0 Å². The Kier molecular flexibility index (Phi) is 4.06. The molecular formula is C7H11F3O2. The van der Waals surface area contributed by atoms with E-state index >= 15 is 0 Å². The zero-order valence-corrected chi connectivity index (χ0v) is 6.94. The molecule has 0 rings (SSSR count). The van der Waals surface area contributed by atoms with Crippen LogP contribution < -0.4 is 0 Å². The molecule has 12 heavy (non-hydrogen) atoms. The summed E-state index contributed by atoms with van der Waals surface area (Å²) in [7, 11) is 0. The number of esters is 1. The largest absolute Gasteiger partial charge is 0.463 e. The van der Waals surface area contributed by atoms with Gasteiger partial charge in [-0.1, -0.05) is 0 Å². The zero-order valence-electron chi connectivity index (χ0n) is 6.94. The number of rotatable bonds is 3. The van der Waals surface area contributed by atoms with E-state index < -0.39 is 25.0 Å². The zero-order chi connectivity index (χ0) is 9.78. The first kappa shape index (κ1) is 11.3. The monoisotopic (exact) mass is 184 g/mol. The molecule has 0 aliphatic carbocycles. The highest BCUT2D eigenvalue weighted by molar-refractivity contribution is 5.69. The molecule has 0 fully saturated rings. The van der Waals surface area contributed by atoms with Crippen molar-refractivity contribution in [2.45, 2.75) is 39.0 Å². The average molecular weight is 184 g/mol. The van der Waals surface area contributed by atoms with Crippen LogP contribution >= 0.6 is 0 Å². The quantitative estimate of drug-likeness (QED) is 0.629. The van der Waals surface area contributed by atoms with Crippen LogP contribution in [-0.2, 0) is 9.53 Å². The highest BCUT2D eigenvalue weighted by Gasteiger charge is 2.28. The van der Waals surface area contributed by atoms with Crippen LogP contribution in [0.3, 0.4) is 0 Å². The first-order chi connectivity index (χ1) is 5.31. The van der Waals surface area contributed by atoms with Crippen molar-refractivity contribution in [1.29, 1.82) is 0 Å². The Hall–Kier alpha value is -0.740. The van der Waals surface area contributed by atoms with Crippen molar-refractivity contribution in [2.24, 2.45) is 0 Å². The summed E-state index contributed by atoms with van der Waals surface area (Å²) in [4.78, 5) is 10.6. The molecule has 0 aromatic rings. The number of hydrogen-bond acceptors (Lipinski definition) is 2. The Morgan fingerprint density at radius 1 is 1.42 bits per heavy atom. The lowest BCUT2D eigenvalue weighted by molar-refractivity contribution is -0.159. The molecule has 5 heteroatoms. The highest BCUT2D eigenvalue weighted by Crippen LogP contribution is 2.21. The summed E-state index contributed by atoms with van der Waals surface area (Å²) >= 11 is 0. The van der Waals surface area contributed by atoms with Crippen molar-refractivity contribution in [3.05, 3.63) is 0 Å². The second kappa shape index (κ2) is 4.33. The van der Waals surface area contributed by atoms with Crippen LogP contribution in [-0.4, -0.2) is 18.2 Å². The maximum absolute atomic E-state index is 11.5. The fraction of sp³-hybridized carbons (Fsp3) is 0.857. The van der Waals surface area contributed by atoms with Gasteiger partial charge < -0.3 is 4.74 Å². The van der Waals surface area contributed by atoms with E-state index in [1.54, 1.807) is 13.8 Å². The third-order valence-corrected chi connectivity index (χ3v) is 0.980. The molecule has 0 aliphatic heterocycles. The van der Waals surface area contributed by atoms with Gasteiger partial charge in [-0.2, -0.15) is 13.2 Å². The molecule has 0 radical (unpaired) electrons. The van der Waals surface area contributed by atoms with Gasteiger partial charge in [0.05, 0.1) is 18.9 Å². The van der Waals surface area contributed by atoms with Crippen LogP contribution in [0.25, 0.3) is 0 Å². The average Bonchev–Trinajstić information content (AvgIpc) is 1.80. The minimum atomic E-state index is -4.28. The molecular weight excluding hydrogens is 173 g/mol. The Balaban J connectivity index is 3.58. The predicted octanol–water partition coefficient (Wildman–Crippen LogP) is 2.28. The molecule has 0 heterocycles. The number of alkyl halides is 3. The van der Waals surface area contributed by atoms with E-state index in [-0.39, 0.29) is 6.10 Å². The first-order valence-corrected chi connectivity index (χ1v) is 3.57. The van der Waals surface area contributed by atoms with E-state index in [0.29, 0.717) is 0 Å². The Labute approximate surface area is 68.7 Å². The predicted molar refractivity (Wildman–Crippen MR) is 36.5 cm³/mol. The molecule has 0 atom stereocenters. The lowest BCUT2D eigenvalue weighted by Gasteiger charge is -2.08. The molecule has 0 aliphatic rings. The first-order valence-electron chi connectivity index (χ1n) is 3.57. The van der Waals surface area contributed by atoms with E-state index in [2.05, 4.69) is 4.74 Å². The second-order valence-corrected chi connectivity index (χ2v) is 2.65. The summed E-state index contributed by atoms with van der Waals surface area (Å²) in [6.45, 7) is 3.18. The SMILES string of the molecule is CC(C)OC(=O)CCC(F)(F)F. The number of halogens is 3. The molecule has 2 nitrogen and oxygen atoms in total. The van der Waals surface area contributed by atoms with Gasteiger partial charge in [-0.25, -0.2) is 0 Å². The molecule has 0 unspecified atom stereocenters. The van der Waals surface area contributed by atoms with Crippen LogP contribution in [0.2, 0.25) is 0 Å². The maximum Gasteiger partial charge on any atom is 0.389 e. The summed E-state index contributed by atoms with van der Waals surface area (Å²) < 4.78 is 39.1. The maximum atomic E-state index is 11.5.